The van der Waals surface area contributed by atoms with Gasteiger partial charge in [0.2, 0.25) is 0 Å². The van der Waals surface area contributed by atoms with Crippen molar-refractivity contribution >= 4 is 28.4 Å². The molecule has 0 spiro atoms. The Kier molecular flexibility index (Phi) is 2.49. The first kappa shape index (κ1) is 9.30. The van der Waals surface area contributed by atoms with Crippen LogP contribution in [0.5, 0.6) is 0 Å². The van der Waals surface area contributed by atoms with Crippen LogP contribution in [-0.4, -0.2) is 9.78 Å². The fourth-order valence-electron chi connectivity index (χ4n) is 1.80. The Morgan fingerprint density at radius 3 is 2.85 bits per heavy atom. The molecule has 0 aromatic carbocycles. The van der Waals surface area contributed by atoms with Gasteiger partial charge >= 0.3 is 0 Å². The number of nitrogens with zero attached hydrogens (tertiary/aromatic N) is 2. The van der Waals surface area contributed by atoms with Gasteiger partial charge in [-0.25, -0.2) is 4.68 Å². The lowest BCUT2D eigenvalue weighted by atomic mass is 10.1. The molecule has 1 aromatic heterocycles. The van der Waals surface area contributed by atoms with Crippen molar-refractivity contribution in [2.24, 2.45) is 5.92 Å². The van der Waals surface area contributed by atoms with Gasteiger partial charge < -0.3 is 5.73 Å². The highest BCUT2D eigenvalue weighted by atomic mass is 127. The lowest BCUT2D eigenvalue weighted by molar-refractivity contribution is 0.399. The molecule has 1 heterocycles. The molecular formula is C9H14IN3. The number of nitrogens with two attached hydrogens (primary N) is 1. The van der Waals surface area contributed by atoms with E-state index in [0.29, 0.717) is 6.04 Å². The largest absolute Gasteiger partial charge is 0.383 e. The van der Waals surface area contributed by atoms with E-state index < -0.39 is 0 Å². The van der Waals surface area contributed by atoms with Crippen LogP contribution >= 0.6 is 22.6 Å². The zero-order valence-corrected chi connectivity index (χ0v) is 9.86. The Balaban J connectivity index is 2.26. The minimum absolute atomic E-state index is 0.531. The number of rotatable bonds is 3. The molecule has 1 saturated carbocycles. The van der Waals surface area contributed by atoms with Gasteiger partial charge in [0.15, 0.2) is 0 Å². The fraction of sp³-hybridized carbons (Fsp3) is 0.667. The molecule has 1 aliphatic rings. The summed E-state index contributed by atoms with van der Waals surface area (Å²) in [7, 11) is 0. The van der Waals surface area contributed by atoms with Crippen molar-refractivity contribution in [2.75, 3.05) is 5.73 Å². The first-order chi connectivity index (χ1) is 6.24. The average Bonchev–Trinajstić information content (AvgIpc) is 2.89. The molecule has 0 bridgehead atoms. The molecular weight excluding hydrogens is 277 g/mol. The van der Waals surface area contributed by atoms with Crippen LogP contribution in [0.3, 0.4) is 0 Å². The summed E-state index contributed by atoms with van der Waals surface area (Å²) >= 11 is 2.23. The van der Waals surface area contributed by atoms with E-state index in [2.05, 4.69) is 34.6 Å². The van der Waals surface area contributed by atoms with E-state index >= 15 is 0 Å². The molecule has 13 heavy (non-hydrogen) atoms. The van der Waals surface area contributed by atoms with Crippen LogP contribution in [0.1, 0.15) is 32.2 Å². The standard InChI is InChI=1S/C9H14IN3/c1-2-8(6-3-4-6)13-9(11)7(10)5-12-13/h5-6,8H,2-4,11H2,1H3. The van der Waals surface area contributed by atoms with Crippen molar-refractivity contribution in [1.82, 2.24) is 9.78 Å². The molecule has 0 amide bonds. The average molecular weight is 291 g/mol. The van der Waals surface area contributed by atoms with Crippen molar-refractivity contribution in [2.45, 2.75) is 32.2 Å². The molecule has 0 aliphatic heterocycles. The second-order valence-corrected chi connectivity index (χ2v) is 4.80. The SMILES string of the molecule is CCC(C1CC1)n1ncc(I)c1N. The maximum Gasteiger partial charge on any atom is 0.135 e. The van der Waals surface area contributed by atoms with E-state index in [0.717, 1.165) is 21.7 Å². The highest BCUT2D eigenvalue weighted by Crippen LogP contribution is 2.42. The zero-order valence-electron chi connectivity index (χ0n) is 7.70. The maximum atomic E-state index is 5.94. The van der Waals surface area contributed by atoms with Crippen LogP contribution in [0.2, 0.25) is 0 Å². The lowest BCUT2D eigenvalue weighted by Gasteiger charge is -2.15. The molecule has 1 unspecified atom stereocenters. The third-order valence-corrected chi connectivity index (χ3v) is 3.52. The van der Waals surface area contributed by atoms with Gasteiger partial charge in [0.05, 0.1) is 15.8 Å². The van der Waals surface area contributed by atoms with Crippen LogP contribution in [0, 0.1) is 9.49 Å². The van der Waals surface area contributed by atoms with Crippen molar-refractivity contribution in [3.63, 3.8) is 0 Å². The number of halogens is 1. The van der Waals surface area contributed by atoms with E-state index in [1.807, 2.05) is 10.9 Å². The zero-order chi connectivity index (χ0) is 9.42. The smallest absolute Gasteiger partial charge is 0.135 e. The molecule has 0 saturated heterocycles. The Morgan fingerprint density at radius 1 is 1.77 bits per heavy atom. The van der Waals surface area contributed by atoms with E-state index in [1.165, 1.54) is 12.8 Å². The fourth-order valence-corrected chi connectivity index (χ4v) is 2.17. The maximum absolute atomic E-state index is 5.94. The summed E-state index contributed by atoms with van der Waals surface area (Å²) < 4.78 is 3.07. The summed E-state index contributed by atoms with van der Waals surface area (Å²) in [4.78, 5) is 0. The van der Waals surface area contributed by atoms with Crippen LogP contribution in [-0.2, 0) is 0 Å². The minimum Gasteiger partial charge on any atom is -0.383 e. The monoisotopic (exact) mass is 291 g/mol. The Bertz CT molecular complexity index is 304. The number of anilines is 1. The molecule has 3 nitrogen and oxygen atoms in total. The highest BCUT2D eigenvalue weighted by Gasteiger charge is 2.32. The molecule has 2 N–H and O–H groups in total. The van der Waals surface area contributed by atoms with E-state index in [-0.39, 0.29) is 0 Å². The normalized spacial score (nSPS) is 18.9. The predicted octanol–water partition coefficient (Wildman–Crippen LogP) is 2.43. The van der Waals surface area contributed by atoms with Gasteiger partial charge in [0.25, 0.3) is 0 Å². The first-order valence-corrected chi connectivity index (χ1v) is 5.80. The number of hydrogen-bond donors (Lipinski definition) is 1. The predicted molar refractivity (Wildman–Crippen MR) is 61.4 cm³/mol. The van der Waals surface area contributed by atoms with Gasteiger partial charge in [-0.15, -0.1) is 0 Å². The Labute approximate surface area is 91.8 Å². The Hall–Kier alpha value is -0.260. The van der Waals surface area contributed by atoms with Crippen LogP contribution in [0.15, 0.2) is 6.20 Å². The molecule has 4 heteroatoms. The number of aromatic nitrogens is 2. The molecule has 2 rings (SSSR count). The van der Waals surface area contributed by atoms with Gasteiger partial charge in [-0.3, -0.25) is 0 Å². The van der Waals surface area contributed by atoms with Gasteiger partial charge in [0.1, 0.15) is 5.82 Å². The second kappa shape index (κ2) is 3.48. The molecule has 1 aromatic rings. The summed E-state index contributed by atoms with van der Waals surface area (Å²) in [5, 5.41) is 4.33. The molecule has 0 radical (unpaired) electrons. The van der Waals surface area contributed by atoms with Crippen LogP contribution in [0.4, 0.5) is 5.82 Å². The van der Waals surface area contributed by atoms with E-state index in [4.69, 9.17) is 5.73 Å². The van der Waals surface area contributed by atoms with Gasteiger partial charge in [-0.05, 0) is 47.8 Å². The highest BCUT2D eigenvalue weighted by molar-refractivity contribution is 14.1. The number of hydrogen-bond acceptors (Lipinski definition) is 2. The first-order valence-electron chi connectivity index (χ1n) is 4.72. The second-order valence-electron chi connectivity index (χ2n) is 3.64. The van der Waals surface area contributed by atoms with Crippen LogP contribution in [0.25, 0.3) is 0 Å². The van der Waals surface area contributed by atoms with Crippen LogP contribution < -0.4 is 5.73 Å². The van der Waals surface area contributed by atoms with E-state index in [9.17, 15) is 0 Å². The Morgan fingerprint density at radius 2 is 2.46 bits per heavy atom. The van der Waals surface area contributed by atoms with Gasteiger partial charge in [0, 0.05) is 0 Å². The summed E-state index contributed by atoms with van der Waals surface area (Å²) in [6.45, 7) is 2.21. The van der Waals surface area contributed by atoms with Crippen molar-refractivity contribution in [1.29, 1.82) is 0 Å². The van der Waals surface area contributed by atoms with E-state index in [1.54, 1.807) is 0 Å². The minimum atomic E-state index is 0.531. The summed E-state index contributed by atoms with van der Waals surface area (Å²) in [6, 6.07) is 0.531. The van der Waals surface area contributed by atoms with Crippen molar-refractivity contribution in [3.8, 4) is 0 Å². The molecule has 72 valence electrons. The third kappa shape index (κ3) is 1.68. The quantitative estimate of drug-likeness (QED) is 0.869. The van der Waals surface area contributed by atoms with Gasteiger partial charge in [-0.1, -0.05) is 6.92 Å². The lowest BCUT2D eigenvalue weighted by Crippen LogP contribution is -2.14. The van der Waals surface area contributed by atoms with Crippen molar-refractivity contribution < 1.29 is 0 Å². The van der Waals surface area contributed by atoms with Gasteiger partial charge in [-0.2, -0.15) is 5.10 Å². The molecule has 1 aliphatic carbocycles. The van der Waals surface area contributed by atoms with Crippen molar-refractivity contribution in [3.05, 3.63) is 9.77 Å². The summed E-state index contributed by atoms with van der Waals surface area (Å²) in [5.41, 5.74) is 5.94. The molecule has 1 atom stereocenters. The summed E-state index contributed by atoms with van der Waals surface area (Å²) in [5.74, 6) is 1.65. The summed E-state index contributed by atoms with van der Waals surface area (Å²) in [6.07, 6.45) is 5.66. The molecule has 1 fully saturated rings. The number of nitrogen functional groups attached to an aromatic ring is 1. The third-order valence-electron chi connectivity index (χ3n) is 2.69. The topological polar surface area (TPSA) is 43.8 Å².